The molecule has 0 saturated carbocycles. The highest BCUT2D eigenvalue weighted by atomic mass is 16.1. The molecule has 3 nitrogen and oxygen atoms in total. The van der Waals surface area contributed by atoms with Crippen LogP contribution in [0.25, 0.3) is 0 Å². The molecule has 1 aliphatic rings. The minimum Gasteiger partial charge on any atom is -0.349 e. The molecule has 0 aromatic rings. The second-order valence-electron chi connectivity index (χ2n) is 6.73. The van der Waals surface area contributed by atoms with Gasteiger partial charge in [-0.2, -0.15) is 0 Å². The van der Waals surface area contributed by atoms with E-state index in [0.29, 0.717) is 5.57 Å². The van der Waals surface area contributed by atoms with Crippen LogP contribution in [0.5, 0.6) is 0 Å². The summed E-state index contributed by atoms with van der Waals surface area (Å²) in [5.41, 5.74) is 0.816. The molecule has 18 heavy (non-hydrogen) atoms. The molecular formula is C15H28N2O. The molecule has 3 heteroatoms. The monoisotopic (exact) mass is 252 g/mol. The number of likely N-dealkylation sites (tertiary alicyclic amines) is 1. The average Bonchev–Trinajstić information content (AvgIpc) is 2.13. The first-order chi connectivity index (χ1) is 8.10. The molecule has 0 aromatic carbocycles. The Morgan fingerprint density at radius 3 is 2.06 bits per heavy atom. The maximum Gasteiger partial charge on any atom is 0.246 e. The summed E-state index contributed by atoms with van der Waals surface area (Å²) in [6.45, 7) is 17.8. The molecule has 104 valence electrons. The number of amides is 1. The summed E-state index contributed by atoms with van der Waals surface area (Å²) in [5, 5.41) is 3.11. The smallest absolute Gasteiger partial charge is 0.246 e. The van der Waals surface area contributed by atoms with Crippen molar-refractivity contribution < 1.29 is 4.79 Å². The Hall–Kier alpha value is -0.830. The maximum absolute atomic E-state index is 11.8. The fourth-order valence-electron chi connectivity index (χ4n) is 3.58. The van der Waals surface area contributed by atoms with Crippen molar-refractivity contribution in [1.29, 1.82) is 0 Å². The van der Waals surface area contributed by atoms with Crippen LogP contribution in [0.4, 0.5) is 0 Å². The Kier molecular flexibility index (Phi) is 4.26. The van der Waals surface area contributed by atoms with E-state index in [1.54, 1.807) is 6.92 Å². The summed E-state index contributed by atoms with van der Waals surface area (Å²) in [6, 6.07) is 0.238. The van der Waals surface area contributed by atoms with Gasteiger partial charge in [-0.3, -0.25) is 9.69 Å². The molecule has 0 radical (unpaired) electrons. The van der Waals surface area contributed by atoms with E-state index in [1.807, 2.05) is 0 Å². The first kappa shape index (κ1) is 15.2. The third kappa shape index (κ3) is 3.14. The van der Waals surface area contributed by atoms with Crippen LogP contribution >= 0.6 is 0 Å². The summed E-state index contributed by atoms with van der Waals surface area (Å²) < 4.78 is 0. The minimum absolute atomic E-state index is 0.0171. The van der Waals surface area contributed by atoms with Gasteiger partial charge in [-0.1, -0.05) is 13.5 Å². The molecule has 1 saturated heterocycles. The zero-order valence-electron chi connectivity index (χ0n) is 12.8. The number of nitrogens with zero attached hydrogens (tertiary/aromatic N) is 1. The van der Waals surface area contributed by atoms with Crippen LogP contribution in [0.3, 0.4) is 0 Å². The molecule has 0 atom stereocenters. The summed E-state index contributed by atoms with van der Waals surface area (Å²) >= 11 is 0. The maximum atomic E-state index is 11.8. The number of hydrogen-bond acceptors (Lipinski definition) is 2. The summed E-state index contributed by atoms with van der Waals surface area (Å²) in [7, 11) is 0. The van der Waals surface area contributed by atoms with Crippen molar-refractivity contribution >= 4 is 5.91 Å². The van der Waals surface area contributed by atoms with Crippen molar-refractivity contribution in [3.8, 4) is 0 Å². The van der Waals surface area contributed by atoms with Crippen LogP contribution in [0.2, 0.25) is 0 Å². The second-order valence-corrected chi connectivity index (χ2v) is 6.73. The lowest BCUT2D eigenvalue weighted by atomic mass is 9.77. The van der Waals surface area contributed by atoms with E-state index in [4.69, 9.17) is 0 Å². The number of piperidine rings is 1. The SMILES string of the molecule is C=C(C)C(=O)NC1CC(C)(C)N(CC)C(C)(C)C1. The number of carbonyl (C=O) groups is 1. The van der Waals surface area contributed by atoms with E-state index in [2.05, 4.69) is 51.4 Å². The lowest BCUT2D eigenvalue weighted by molar-refractivity contribution is -0.119. The number of nitrogens with one attached hydrogen (secondary N) is 1. The molecule has 1 N–H and O–H groups in total. The molecule has 1 aliphatic heterocycles. The predicted octanol–water partition coefficient (Wildman–Crippen LogP) is 2.72. The third-order valence-corrected chi connectivity index (χ3v) is 3.99. The van der Waals surface area contributed by atoms with Gasteiger partial charge >= 0.3 is 0 Å². The van der Waals surface area contributed by atoms with Gasteiger partial charge in [0, 0.05) is 22.7 Å². The Labute approximate surface area is 112 Å². The van der Waals surface area contributed by atoms with Gasteiger partial charge in [0.25, 0.3) is 0 Å². The second kappa shape index (κ2) is 5.04. The molecule has 1 heterocycles. The predicted molar refractivity (Wildman–Crippen MR) is 76.5 cm³/mol. The fraction of sp³-hybridized carbons (Fsp3) is 0.800. The Morgan fingerprint density at radius 1 is 1.28 bits per heavy atom. The number of rotatable bonds is 3. The minimum atomic E-state index is -0.0171. The molecule has 1 rings (SSSR count). The molecule has 0 aromatic heterocycles. The lowest BCUT2D eigenvalue weighted by Crippen LogP contribution is -2.64. The quantitative estimate of drug-likeness (QED) is 0.783. The largest absolute Gasteiger partial charge is 0.349 e. The van der Waals surface area contributed by atoms with Gasteiger partial charge in [0.05, 0.1) is 0 Å². The van der Waals surface area contributed by atoms with E-state index in [-0.39, 0.29) is 23.0 Å². The van der Waals surface area contributed by atoms with Crippen molar-refractivity contribution in [2.45, 2.75) is 71.5 Å². The van der Waals surface area contributed by atoms with Crippen molar-refractivity contribution in [3.05, 3.63) is 12.2 Å². The van der Waals surface area contributed by atoms with Crippen LogP contribution in [-0.4, -0.2) is 34.5 Å². The van der Waals surface area contributed by atoms with Crippen LogP contribution in [0.15, 0.2) is 12.2 Å². The molecule has 0 spiro atoms. The van der Waals surface area contributed by atoms with Gasteiger partial charge in [0.1, 0.15) is 0 Å². The van der Waals surface area contributed by atoms with Gasteiger partial charge < -0.3 is 5.32 Å². The summed E-state index contributed by atoms with van der Waals surface area (Å²) in [5.74, 6) is -0.0171. The van der Waals surface area contributed by atoms with Gasteiger partial charge in [-0.25, -0.2) is 0 Å². The van der Waals surface area contributed by atoms with Crippen molar-refractivity contribution in [1.82, 2.24) is 10.2 Å². The highest BCUT2D eigenvalue weighted by Gasteiger charge is 2.44. The van der Waals surface area contributed by atoms with E-state index < -0.39 is 0 Å². The van der Waals surface area contributed by atoms with E-state index in [9.17, 15) is 4.79 Å². The summed E-state index contributed by atoms with van der Waals surface area (Å²) in [4.78, 5) is 14.3. The van der Waals surface area contributed by atoms with Crippen molar-refractivity contribution in [2.75, 3.05) is 6.54 Å². The van der Waals surface area contributed by atoms with Gasteiger partial charge in [-0.15, -0.1) is 0 Å². The van der Waals surface area contributed by atoms with Crippen LogP contribution in [-0.2, 0) is 4.79 Å². The van der Waals surface area contributed by atoms with Crippen molar-refractivity contribution in [3.63, 3.8) is 0 Å². The highest BCUT2D eigenvalue weighted by Crippen LogP contribution is 2.37. The van der Waals surface area contributed by atoms with Crippen LogP contribution in [0, 0.1) is 0 Å². The first-order valence-electron chi connectivity index (χ1n) is 6.84. The normalized spacial score (nSPS) is 23.7. The zero-order chi connectivity index (χ0) is 14.1. The molecule has 0 unspecified atom stereocenters. The number of hydrogen-bond donors (Lipinski definition) is 1. The standard InChI is InChI=1S/C15H28N2O/c1-8-17-14(4,5)9-12(10-15(17,6)7)16-13(18)11(2)3/h12H,2,8-10H2,1,3-7H3,(H,16,18). The van der Waals surface area contributed by atoms with E-state index in [0.717, 1.165) is 19.4 Å². The molecule has 0 bridgehead atoms. The Bertz CT molecular complexity index is 326. The topological polar surface area (TPSA) is 32.3 Å². The van der Waals surface area contributed by atoms with Gasteiger partial charge in [0.2, 0.25) is 5.91 Å². The molecule has 0 aliphatic carbocycles. The Balaban J connectivity index is 2.83. The highest BCUT2D eigenvalue weighted by molar-refractivity contribution is 5.92. The van der Waals surface area contributed by atoms with Crippen LogP contribution < -0.4 is 5.32 Å². The molecule has 1 fully saturated rings. The molecular weight excluding hydrogens is 224 g/mol. The average molecular weight is 252 g/mol. The first-order valence-corrected chi connectivity index (χ1v) is 6.84. The third-order valence-electron chi connectivity index (χ3n) is 3.99. The van der Waals surface area contributed by atoms with Gasteiger partial charge in [-0.05, 0) is 54.0 Å². The van der Waals surface area contributed by atoms with E-state index in [1.165, 1.54) is 0 Å². The zero-order valence-corrected chi connectivity index (χ0v) is 12.8. The van der Waals surface area contributed by atoms with Crippen molar-refractivity contribution in [2.24, 2.45) is 0 Å². The van der Waals surface area contributed by atoms with E-state index >= 15 is 0 Å². The fourth-order valence-corrected chi connectivity index (χ4v) is 3.58. The van der Waals surface area contributed by atoms with Gasteiger partial charge in [0.15, 0.2) is 0 Å². The lowest BCUT2D eigenvalue weighted by Gasteiger charge is -2.55. The molecule has 1 amide bonds. The Morgan fingerprint density at radius 2 is 1.72 bits per heavy atom. The van der Waals surface area contributed by atoms with Crippen LogP contribution in [0.1, 0.15) is 54.4 Å². The number of carbonyl (C=O) groups excluding carboxylic acids is 1. The summed E-state index contributed by atoms with van der Waals surface area (Å²) in [6.07, 6.45) is 1.98.